The highest BCUT2D eigenvalue weighted by atomic mass is 31.2. The first-order valence-corrected chi connectivity index (χ1v) is 41.4. The molecular weight excluding hydrogens is 696 g/mol. The molecule has 1 rings (SSSR count). The lowest BCUT2D eigenvalue weighted by molar-refractivity contribution is -0.196. The Bertz CT molecular complexity index is 908. The maximum absolute atomic E-state index is 14.9. The molecule has 1 fully saturated rings. The minimum Gasteiger partial charge on any atom is -0.409 e. The van der Waals surface area contributed by atoms with Crippen molar-refractivity contribution in [2.75, 3.05) is 0 Å². The van der Waals surface area contributed by atoms with Gasteiger partial charge in [0.2, 0.25) is 0 Å². The van der Waals surface area contributed by atoms with Crippen LogP contribution in [0.25, 0.3) is 0 Å². The Kier molecular flexibility index (Phi) is 14.5. The topological polar surface area (TPSA) is 90.9 Å². The summed E-state index contributed by atoms with van der Waals surface area (Å²) in [4.78, 5) is 0. The van der Waals surface area contributed by atoms with Crippen molar-refractivity contribution in [2.24, 2.45) is 0 Å². The molecule has 264 valence electrons. The zero-order valence-electron chi connectivity index (χ0n) is 32.1. The summed E-state index contributed by atoms with van der Waals surface area (Å²) in [6.07, 6.45) is -3.63. The van der Waals surface area contributed by atoms with Gasteiger partial charge in [0, 0.05) is 0 Å². The fraction of sp³-hybridized carbons (Fsp3) is 1.00. The highest BCUT2D eigenvalue weighted by Crippen LogP contribution is 2.57. The highest BCUT2D eigenvalue weighted by Gasteiger charge is 2.60. The van der Waals surface area contributed by atoms with E-state index in [-0.39, 0.29) is 0 Å². The van der Waals surface area contributed by atoms with Crippen molar-refractivity contribution in [1.29, 1.82) is 0 Å². The second kappa shape index (κ2) is 14.7. The first kappa shape index (κ1) is 43.5. The average molecular weight is 765 g/mol. The van der Waals surface area contributed by atoms with E-state index in [1.807, 2.05) is 39.3 Å². The molecule has 0 saturated heterocycles. The molecule has 0 aromatic heterocycles. The molecule has 0 amide bonds. The van der Waals surface area contributed by atoms with E-state index in [0.717, 1.165) is 0 Å². The minimum absolute atomic E-state index is 0.460. The lowest BCUT2D eigenvalue weighted by Gasteiger charge is -2.55. The van der Waals surface area contributed by atoms with E-state index in [0.29, 0.717) is 0 Å². The normalized spacial score (nSPS) is 27.1. The standard InChI is InChI=1S/C27H69O9PSi7/c1-38(2,3)30-23-22(29-37(28,35-43(16,17)18)36-44(19,20)21)24(31-39(4,5)6)26(33-41(10,11)12)27(34-42(13,14)15)25(23)32-40(7,8)9/h22-27H,1-21H3. The van der Waals surface area contributed by atoms with E-state index in [2.05, 4.69) is 98.2 Å². The molecule has 0 aliphatic heterocycles. The third kappa shape index (κ3) is 17.2. The monoisotopic (exact) mass is 764 g/mol. The van der Waals surface area contributed by atoms with Gasteiger partial charge in [-0.3, -0.25) is 4.52 Å². The number of hydrogen-bond acceptors (Lipinski definition) is 9. The van der Waals surface area contributed by atoms with E-state index in [4.69, 9.17) is 35.1 Å². The van der Waals surface area contributed by atoms with Gasteiger partial charge in [-0.15, -0.1) is 0 Å². The molecule has 0 radical (unpaired) electrons. The molecule has 0 spiro atoms. The molecule has 17 heteroatoms. The third-order valence-electron chi connectivity index (χ3n) is 5.41. The van der Waals surface area contributed by atoms with Crippen LogP contribution in [0.4, 0.5) is 0 Å². The summed E-state index contributed by atoms with van der Waals surface area (Å²) in [5, 5.41) is 0. The van der Waals surface area contributed by atoms with Gasteiger partial charge in [0.1, 0.15) is 36.6 Å². The predicted molar refractivity (Wildman–Crippen MR) is 202 cm³/mol. The van der Waals surface area contributed by atoms with Crippen LogP contribution in [0.15, 0.2) is 0 Å². The lowest BCUT2D eigenvalue weighted by Crippen LogP contribution is -2.72. The Balaban J connectivity index is 4.21. The van der Waals surface area contributed by atoms with Gasteiger partial charge in [-0.1, -0.05) is 0 Å². The van der Waals surface area contributed by atoms with Crippen LogP contribution in [0.1, 0.15) is 0 Å². The van der Waals surface area contributed by atoms with Crippen molar-refractivity contribution in [3.63, 3.8) is 0 Å². The molecular formula is C27H69O9PSi7. The zero-order valence-corrected chi connectivity index (χ0v) is 40.0. The van der Waals surface area contributed by atoms with Gasteiger partial charge in [0.15, 0.2) is 58.2 Å². The van der Waals surface area contributed by atoms with Gasteiger partial charge >= 0.3 is 7.82 Å². The van der Waals surface area contributed by atoms with Crippen molar-refractivity contribution < 1.29 is 39.6 Å². The SMILES string of the molecule is C[Si](C)(C)OC1C(O[Si](C)(C)C)C(O[Si](C)(C)C)C(OP(=O)(O[Si](C)(C)C)O[Si](C)(C)C)C(O[Si](C)(C)C)C1O[Si](C)(C)C. The summed E-state index contributed by atoms with van der Waals surface area (Å²) in [6, 6.07) is 0. The van der Waals surface area contributed by atoms with Gasteiger partial charge in [0.25, 0.3) is 0 Å². The number of rotatable bonds is 16. The maximum atomic E-state index is 14.9. The van der Waals surface area contributed by atoms with E-state index in [1.165, 1.54) is 0 Å². The third-order valence-corrected chi connectivity index (χ3v) is 17.0. The zero-order chi connectivity index (χ0) is 35.1. The Morgan fingerprint density at radius 2 is 0.500 bits per heavy atom. The molecule has 1 saturated carbocycles. The molecule has 0 bridgehead atoms. The summed E-state index contributed by atoms with van der Waals surface area (Å²) in [5.74, 6) is 0. The Morgan fingerprint density at radius 1 is 0.318 bits per heavy atom. The van der Waals surface area contributed by atoms with Crippen LogP contribution in [0, 0.1) is 0 Å². The van der Waals surface area contributed by atoms with E-state index in [9.17, 15) is 4.57 Å². The van der Waals surface area contributed by atoms with Crippen molar-refractivity contribution in [3.05, 3.63) is 0 Å². The molecule has 9 nitrogen and oxygen atoms in total. The van der Waals surface area contributed by atoms with Crippen LogP contribution < -0.4 is 0 Å². The summed E-state index contributed by atoms with van der Waals surface area (Å²) in [7, 11) is -19.8. The van der Waals surface area contributed by atoms with E-state index < -0.39 is 103 Å². The summed E-state index contributed by atoms with van der Waals surface area (Å²) in [5.41, 5.74) is 0. The van der Waals surface area contributed by atoms with E-state index in [1.54, 1.807) is 0 Å². The maximum Gasteiger partial charge on any atom is 0.455 e. The molecule has 0 aromatic carbocycles. The molecule has 0 aromatic rings. The first-order chi connectivity index (χ1) is 19.0. The molecule has 1 aliphatic rings. The van der Waals surface area contributed by atoms with Gasteiger partial charge in [-0.05, 0) is 137 Å². The van der Waals surface area contributed by atoms with Crippen molar-refractivity contribution in [3.8, 4) is 0 Å². The van der Waals surface area contributed by atoms with Crippen LogP contribution in [0.5, 0.6) is 0 Å². The summed E-state index contributed by atoms with van der Waals surface area (Å²) >= 11 is 0. The quantitative estimate of drug-likeness (QED) is 0.113. The molecule has 44 heavy (non-hydrogen) atoms. The molecule has 4 atom stereocenters. The van der Waals surface area contributed by atoms with Crippen LogP contribution >= 0.6 is 7.82 Å². The summed E-state index contributed by atoms with van der Waals surface area (Å²) in [6.45, 7) is 44.5. The van der Waals surface area contributed by atoms with Crippen molar-refractivity contribution in [2.45, 2.75) is 174 Å². The van der Waals surface area contributed by atoms with Crippen LogP contribution in [-0.4, -0.2) is 94.8 Å². The van der Waals surface area contributed by atoms with Crippen LogP contribution in [-0.2, 0) is 39.6 Å². The van der Waals surface area contributed by atoms with Crippen molar-refractivity contribution in [1.82, 2.24) is 0 Å². The Hall–Kier alpha value is 1.43. The lowest BCUT2D eigenvalue weighted by atomic mass is 9.85. The number of phosphoric acid groups is 1. The fourth-order valence-electron chi connectivity index (χ4n) is 4.84. The minimum atomic E-state index is -4.08. The summed E-state index contributed by atoms with van der Waals surface area (Å²) < 4.78 is 69.6. The predicted octanol–water partition coefficient (Wildman–Crippen LogP) is 9.30. The van der Waals surface area contributed by atoms with Crippen LogP contribution in [0.2, 0.25) is 137 Å². The van der Waals surface area contributed by atoms with Gasteiger partial charge in [-0.2, -0.15) is 0 Å². The highest BCUT2D eigenvalue weighted by molar-refractivity contribution is 7.52. The molecule has 0 heterocycles. The number of hydrogen-bond donors (Lipinski definition) is 0. The Labute approximate surface area is 278 Å². The van der Waals surface area contributed by atoms with Crippen molar-refractivity contribution >= 4 is 66.0 Å². The second-order valence-electron chi connectivity index (χ2n) is 18.9. The molecule has 0 N–H and O–H groups in total. The first-order valence-electron chi connectivity index (χ1n) is 16.1. The average Bonchev–Trinajstić information content (AvgIpc) is 2.62. The van der Waals surface area contributed by atoms with Gasteiger partial charge < -0.3 is 30.6 Å². The van der Waals surface area contributed by atoms with Gasteiger partial charge in [0.05, 0.1) is 0 Å². The smallest absolute Gasteiger partial charge is 0.409 e. The second-order valence-corrected chi connectivity index (χ2v) is 52.2. The molecule has 1 aliphatic carbocycles. The largest absolute Gasteiger partial charge is 0.455 e. The van der Waals surface area contributed by atoms with Gasteiger partial charge in [-0.25, -0.2) is 4.57 Å². The van der Waals surface area contributed by atoms with E-state index >= 15 is 0 Å². The van der Waals surface area contributed by atoms with Crippen LogP contribution in [0.3, 0.4) is 0 Å². The Morgan fingerprint density at radius 3 is 0.659 bits per heavy atom. The molecule has 4 unspecified atom stereocenters. The fourth-order valence-corrected chi connectivity index (χ4v) is 17.0.